The number of hydrogen-bond donors (Lipinski definition) is 1. The normalized spacial score (nSPS) is 26.2. The lowest BCUT2D eigenvalue weighted by molar-refractivity contribution is -0.130. The molecule has 0 radical (unpaired) electrons. The summed E-state index contributed by atoms with van der Waals surface area (Å²) in [6.07, 6.45) is 2.58. The van der Waals surface area contributed by atoms with E-state index >= 15 is 0 Å². The van der Waals surface area contributed by atoms with Crippen molar-refractivity contribution in [1.29, 1.82) is 0 Å². The predicted molar refractivity (Wildman–Crippen MR) is 56.1 cm³/mol. The van der Waals surface area contributed by atoms with E-state index in [2.05, 4.69) is 5.32 Å². The summed E-state index contributed by atoms with van der Waals surface area (Å²) in [5, 5.41) is 2.96. The molecule has 4 nitrogen and oxygen atoms in total. The van der Waals surface area contributed by atoms with Crippen molar-refractivity contribution in [2.75, 3.05) is 6.54 Å². The summed E-state index contributed by atoms with van der Waals surface area (Å²) in [5.74, 6) is 0.0513. The molecule has 0 bridgehead atoms. The first kappa shape index (κ1) is 10.5. The SMILES string of the molecule is CC(C)N1CC(C(=O)NC2CC2)CC1=O. The minimum absolute atomic E-state index is 0.0639. The molecule has 2 aliphatic rings. The van der Waals surface area contributed by atoms with Crippen LogP contribution in [0.2, 0.25) is 0 Å². The molecule has 2 rings (SSSR count). The van der Waals surface area contributed by atoms with Crippen molar-refractivity contribution < 1.29 is 9.59 Å². The van der Waals surface area contributed by atoms with Gasteiger partial charge in [-0.3, -0.25) is 9.59 Å². The van der Waals surface area contributed by atoms with Crippen LogP contribution in [0.5, 0.6) is 0 Å². The standard InChI is InChI=1S/C11H18N2O2/c1-7(2)13-6-8(5-10(13)14)11(15)12-9-3-4-9/h7-9H,3-6H2,1-2H3,(H,12,15). The van der Waals surface area contributed by atoms with Gasteiger partial charge in [-0.15, -0.1) is 0 Å². The number of nitrogens with zero attached hydrogens (tertiary/aromatic N) is 1. The third-order valence-electron chi connectivity index (χ3n) is 3.08. The average molecular weight is 210 g/mol. The van der Waals surface area contributed by atoms with E-state index in [-0.39, 0.29) is 23.8 Å². The lowest BCUT2D eigenvalue weighted by atomic mass is 10.1. The van der Waals surface area contributed by atoms with E-state index < -0.39 is 0 Å². The van der Waals surface area contributed by atoms with E-state index in [1.165, 1.54) is 0 Å². The Morgan fingerprint density at radius 1 is 1.47 bits per heavy atom. The number of amides is 2. The van der Waals surface area contributed by atoms with Gasteiger partial charge in [-0.2, -0.15) is 0 Å². The third kappa shape index (κ3) is 2.30. The van der Waals surface area contributed by atoms with E-state index in [1.54, 1.807) is 4.90 Å². The van der Waals surface area contributed by atoms with Crippen molar-refractivity contribution >= 4 is 11.8 Å². The fourth-order valence-electron chi connectivity index (χ4n) is 1.95. The van der Waals surface area contributed by atoms with Gasteiger partial charge in [0.05, 0.1) is 5.92 Å². The first-order chi connectivity index (χ1) is 7.08. The Morgan fingerprint density at radius 2 is 2.13 bits per heavy atom. The Morgan fingerprint density at radius 3 is 2.60 bits per heavy atom. The summed E-state index contributed by atoms with van der Waals surface area (Å²) in [6.45, 7) is 4.56. The molecule has 1 heterocycles. The summed E-state index contributed by atoms with van der Waals surface area (Å²) < 4.78 is 0. The van der Waals surface area contributed by atoms with Crippen LogP contribution in [0.4, 0.5) is 0 Å². The molecule has 84 valence electrons. The zero-order valence-corrected chi connectivity index (χ0v) is 9.32. The second-order valence-corrected chi connectivity index (χ2v) is 4.82. The van der Waals surface area contributed by atoms with Gasteiger partial charge in [0.1, 0.15) is 0 Å². The minimum atomic E-state index is -0.125. The Kier molecular flexibility index (Phi) is 2.67. The van der Waals surface area contributed by atoms with Gasteiger partial charge < -0.3 is 10.2 Å². The van der Waals surface area contributed by atoms with Gasteiger partial charge in [0.15, 0.2) is 0 Å². The summed E-state index contributed by atoms with van der Waals surface area (Å²) in [6, 6.07) is 0.594. The number of carbonyl (C=O) groups excluding carboxylic acids is 2. The van der Waals surface area contributed by atoms with Crippen LogP contribution in [0.15, 0.2) is 0 Å². The van der Waals surface area contributed by atoms with Gasteiger partial charge >= 0.3 is 0 Å². The van der Waals surface area contributed by atoms with Gasteiger partial charge in [0, 0.05) is 25.0 Å². The molecule has 2 fully saturated rings. The molecule has 0 aromatic rings. The van der Waals surface area contributed by atoms with Gasteiger partial charge in [0.2, 0.25) is 11.8 Å². The Labute approximate surface area is 90.0 Å². The number of rotatable bonds is 3. The maximum Gasteiger partial charge on any atom is 0.225 e. The smallest absolute Gasteiger partial charge is 0.225 e. The number of hydrogen-bond acceptors (Lipinski definition) is 2. The van der Waals surface area contributed by atoms with E-state index in [0.717, 1.165) is 12.8 Å². The van der Waals surface area contributed by atoms with Crippen molar-refractivity contribution in [3.05, 3.63) is 0 Å². The molecule has 1 unspecified atom stereocenters. The van der Waals surface area contributed by atoms with Gasteiger partial charge in [-0.1, -0.05) is 0 Å². The predicted octanol–water partition coefficient (Wildman–Crippen LogP) is 0.522. The van der Waals surface area contributed by atoms with E-state index in [0.29, 0.717) is 19.0 Å². The fourth-order valence-corrected chi connectivity index (χ4v) is 1.95. The van der Waals surface area contributed by atoms with Crippen LogP contribution < -0.4 is 5.32 Å². The van der Waals surface area contributed by atoms with Crippen molar-refractivity contribution in [2.45, 2.75) is 45.2 Å². The van der Waals surface area contributed by atoms with Crippen LogP contribution in [0.3, 0.4) is 0 Å². The summed E-state index contributed by atoms with van der Waals surface area (Å²) in [4.78, 5) is 25.1. The van der Waals surface area contributed by atoms with Gasteiger partial charge in [-0.05, 0) is 26.7 Å². The van der Waals surface area contributed by atoms with Crippen LogP contribution in [0, 0.1) is 5.92 Å². The summed E-state index contributed by atoms with van der Waals surface area (Å²) >= 11 is 0. The number of likely N-dealkylation sites (tertiary alicyclic amines) is 1. The Balaban J connectivity index is 1.89. The molecule has 2 amide bonds. The monoisotopic (exact) mass is 210 g/mol. The average Bonchev–Trinajstić information content (AvgIpc) is 2.86. The summed E-state index contributed by atoms with van der Waals surface area (Å²) in [7, 11) is 0. The molecule has 1 aliphatic carbocycles. The highest BCUT2D eigenvalue weighted by molar-refractivity contribution is 5.89. The molecular weight excluding hydrogens is 192 g/mol. The molecule has 1 saturated heterocycles. The second-order valence-electron chi connectivity index (χ2n) is 4.82. The van der Waals surface area contributed by atoms with Crippen LogP contribution in [0.1, 0.15) is 33.1 Å². The number of nitrogens with one attached hydrogen (secondary N) is 1. The van der Waals surface area contributed by atoms with Crippen molar-refractivity contribution in [2.24, 2.45) is 5.92 Å². The number of carbonyl (C=O) groups is 2. The van der Waals surface area contributed by atoms with Crippen molar-refractivity contribution in [3.63, 3.8) is 0 Å². The molecule has 1 N–H and O–H groups in total. The highest BCUT2D eigenvalue weighted by atomic mass is 16.2. The maximum atomic E-state index is 11.7. The third-order valence-corrected chi connectivity index (χ3v) is 3.08. The second kappa shape index (κ2) is 3.83. The minimum Gasteiger partial charge on any atom is -0.353 e. The van der Waals surface area contributed by atoms with Crippen LogP contribution in [0.25, 0.3) is 0 Å². The molecule has 0 aromatic carbocycles. The van der Waals surface area contributed by atoms with Crippen LogP contribution in [-0.4, -0.2) is 35.3 Å². The van der Waals surface area contributed by atoms with Crippen LogP contribution in [-0.2, 0) is 9.59 Å². The topological polar surface area (TPSA) is 49.4 Å². The first-order valence-electron chi connectivity index (χ1n) is 5.67. The highest BCUT2D eigenvalue weighted by Crippen LogP contribution is 2.23. The molecule has 4 heteroatoms. The van der Waals surface area contributed by atoms with E-state index in [1.807, 2.05) is 13.8 Å². The van der Waals surface area contributed by atoms with Gasteiger partial charge in [0.25, 0.3) is 0 Å². The van der Waals surface area contributed by atoms with E-state index in [9.17, 15) is 9.59 Å². The fraction of sp³-hybridized carbons (Fsp3) is 0.818. The zero-order chi connectivity index (χ0) is 11.0. The molecule has 15 heavy (non-hydrogen) atoms. The quantitative estimate of drug-likeness (QED) is 0.738. The molecule has 1 saturated carbocycles. The molecule has 1 aliphatic heterocycles. The molecule has 1 atom stereocenters. The van der Waals surface area contributed by atoms with Gasteiger partial charge in [-0.25, -0.2) is 0 Å². The largest absolute Gasteiger partial charge is 0.353 e. The lowest BCUT2D eigenvalue weighted by Gasteiger charge is -2.20. The Bertz CT molecular complexity index is 284. The maximum absolute atomic E-state index is 11.7. The van der Waals surface area contributed by atoms with Crippen molar-refractivity contribution in [3.8, 4) is 0 Å². The van der Waals surface area contributed by atoms with E-state index in [4.69, 9.17) is 0 Å². The zero-order valence-electron chi connectivity index (χ0n) is 9.32. The molecule has 0 aromatic heterocycles. The molecular formula is C11H18N2O2. The summed E-state index contributed by atoms with van der Waals surface area (Å²) in [5.41, 5.74) is 0. The van der Waals surface area contributed by atoms with Crippen LogP contribution >= 0.6 is 0 Å². The highest BCUT2D eigenvalue weighted by Gasteiger charge is 2.37. The Hall–Kier alpha value is -1.06. The lowest BCUT2D eigenvalue weighted by Crippen LogP contribution is -2.36. The van der Waals surface area contributed by atoms with Crippen molar-refractivity contribution in [1.82, 2.24) is 10.2 Å². The first-order valence-corrected chi connectivity index (χ1v) is 5.67. The molecule has 0 spiro atoms.